The second-order valence-electron chi connectivity index (χ2n) is 5.85. The third-order valence-electron chi connectivity index (χ3n) is 4.47. The molecule has 0 radical (unpaired) electrons. The molecule has 0 saturated carbocycles. The number of unbranched alkanes of at least 4 members (excludes halogenated alkanes) is 2. The summed E-state index contributed by atoms with van der Waals surface area (Å²) in [6.07, 6.45) is 6.12. The molecular weight excluding hydrogens is 214 g/mol. The van der Waals surface area contributed by atoms with Crippen LogP contribution in [0.2, 0.25) is 0 Å². The summed E-state index contributed by atoms with van der Waals surface area (Å²) in [5.41, 5.74) is -0.254. The Labute approximate surface area is 105 Å². The fraction of sp³-hybridized carbons (Fsp3) is 1.00. The highest BCUT2D eigenvalue weighted by atomic mass is 16.6. The van der Waals surface area contributed by atoms with Gasteiger partial charge in [0.25, 0.3) is 0 Å². The summed E-state index contributed by atoms with van der Waals surface area (Å²) in [5.74, 6) is 0. The van der Waals surface area contributed by atoms with Crippen LogP contribution in [0.1, 0.15) is 52.9 Å². The molecule has 2 aliphatic heterocycles. The number of ether oxygens (including phenoxy) is 2. The van der Waals surface area contributed by atoms with Gasteiger partial charge in [-0.3, -0.25) is 0 Å². The molecule has 100 valence electrons. The Morgan fingerprint density at radius 3 is 2.65 bits per heavy atom. The van der Waals surface area contributed by atoms with Crippen LogP contribution in [0.25, 0.3) is 0 Å². The van der Waals surface area contributed by atoms with Crippen LogP contribution >= 0.6 is 0 Å². The van der Waals surface area contributed by atoms with Gasteiger partial charge in [-0.2, -0.15) is 0 Å². The van der Waals surface area contributed by atoms with E-state index in [2.05, 4.69) is 26.1 Å². The zero-order chi connectivity index (χ0) is 12.4. The van der Waals surface area contributed by atoms with Gasteiger partial charge in [-0.05, 0) is 20.3 Å². The van der Waals surface area contributed by atoms with Crippen molar-refractivity contribution >= 4 is 0 Å². The summed E-state index contributed by atoms with van der Waals surface area (Å²) in [6, 6.07) is 0.459. The maximum atomic E-state index is 6.20. The topological polar surface area (TPSA) is 30.5 Å². The van der Waals surface area contributed by atoms with Gasteiger partial charge < -0.3 is 14.8 Å². The van der Waals surface area contributed by atoms with Crippen molar-refractivity contribution in [1.29, 1.82) is 0 Å². The first-order valence-electron chi connectivity index (χ1n) is 7.14. The lowest BCUT2D eigenvalue weighted by molar-refractivity contribution is -0.171. The predicted octanol–water partition coefficient (Wildman–Crippen LogP) is 2.49. The predicted molar refractivity (Wildman–Crippen MR) is 69.3 cm³/mol. The first-order chi connectivity index (χ1) is 8.12. The SMILES string of the molecule is CCCCCC1NCCOC12CCOC2(C)C. The number of morpholine rings is 1. The molecule has 1 spiro atoms. The van der Waals surface area contributed by atoms with Crippen LogP contribution in [-0.4, -0.2) is 37.0 Å². The molecule has 0 aromatic carbocycles. The molecule has 2 aliphatic rings. The van der Waals surface area contributed by atoms with Crippen molar-refractivity contribution in [1.82, 2.24) is 5.32 Å². The van der Waals surface area contributed by atoms with E-state index in [1.807, 2.05) is 0 Å². The Balaban J connectivity index is 2.06. The Morgan fingerprint density at radius 2 is 2.00 bits per heavy atom. The second-order valence-corrected chi connectivity index (χ2v) is 5.85. The summed E-state index contributed by atoms with van der Waals surface area (Å²) in [4.78, 5) is 0. The smallest absolute Gasteiger partial charge is 0.114 e. The fourth-order valence-corrected chi connectivity index (χ4v) is 3.39. The molecule has 0 aromatic heterocycles. The van der Waals surface area contributed by atoms with Crippen molar-refractivity contribution in [2.75, 3.05) is 19.8 Å². The van der Waals surface area contributed by atoms with Gasteiger partial charge in [0.1, 0.15) is 5.60 Å². The Morgan fingerprint density at radius 1 is 1.18 bits per heavy atom. The van der Waals surface area contributed by atoms with Crippen molar-refractivity contribution in [3.05, 3.63) is 0 Å². The zero-order valence-electron chi connectivity index (χ0n) is 11.6. The first kappa shape index (κ1) is 13.3. The molecule has 2 saturated heterocycles. The van der Waals surface area contributed by atoms with Crippen molar-refractivity contribution < 1.29 is 9.47 Å². The molecule has 2 atom stereocenters. The first-order valence-corrected chi connectivity index (χ1v) is 7.14. The molecule has 0 amide bonds. The van der Waals surface area contributed by atoms with Crippen LogP contribution in [0.5, 0.6) is 0 Å². The summed E-state index contributed by atoms with van der Waals surface area (Å²) < 4.78 is 12.1. The highest BCUT2D eigenvalue weighted by molar-refractivity contribution is 5.09. The monoisotopic (exact) mass is 241 g/mol. The second kappa shape index (κ2) is 5.25. The fourth-order valence-electron chi connectivity index (χ4n) is 3.39. The maximum absolute atomic E-state index is 6.20. The lowest BCUT2D eigenvalue weighted by atomic mass is 9.76. The third kappa shape index (κ3) is 2.38. The van der Waals surface area contributed by atoms with Crippen LogP contribution < -0.4 is 5.32 Å². The van der Waals surface area contributed by atoms with Crippen molar-refractivity contribution in [2.24, 2.45) is 0 Å². The van der Waals surface area contributed by atoms with Gasteiger partial charge in [0.15, 0.2) is 0 Å². The summed E-state index contributed by atoms with van der Waals surface area (Å²) in [6.45, 7) is 9.24. The van der Waals surface area contributed by atoms with Crippen molar-refractivity contribution in [3.8, 4) is 0 Å². The van der Waals surface area contributed by atoms with Crippen LogP contribution in [0.4, 0.5) is 0 Å². The molecule has 2 heterocycles. The molecular formula is C14H27NO2. The van der Waals surface area contributed by atoms with Crippen molar-refractivity contribution in [3.63, 3.8) is 0 Å². The van der Waals surface area contributed by atoms with E-state index in [4.69, 9.17) is 9.47 Å². The lowest BCUT2D eigenvalue weighted by Crippen LogP contribution is -2.65. The average Bonchev–Trinajstić information content (AvgIpc) is 2.58. The molecule has 2 unspecified atom stereocenters. The number of hydrogen-bond donors (Lipinski definition) is 1. The summed E-state index contributed by atoms with van der Waals surface area (Å²) in [7, 11) is 0. The van der Waals surface area contributed by atoms with E-state index >= 15 is 0 Å². The van der Waals surface area contributed by atoms with Gasteiger partial charge in [0.2, 0.25) is 0 Å². The molecule has 3 nitrogen and oxygen atoms in total. The van der Waals surface area contributed by atoms with Gasteiger partial charge in [-0.25, -0.2) is 0 Å². The standard InChI is InChI=1S/C14H27NO2/c1-4-5-6-7-12-14(17-11-9-15-12)8-10-16-13(14,2)3/h12,15H,4-11H2,1-3H3. The van der Waals surface area contributed by atoms with E-state index in [-0.39, 0.29) is 11.2 Å². The van der Waals surface area contributed by atoms with Crippen LogP contribution in [0.15, 0.2) is 0 Å². The van der Waals surface area contributed by atoms with E-state index in [0.29, 0.717) is 6.04 Å². The van der Waals surface area contributed by atoms with Crippen molar-refractivity contribution in [2.45, 2.75) is 70.1 Å². The van der Waals surface area contributed by atoms with E-state index in [1.165, 1.54) is 25.7 Å². The minimum atomic E-state index is -0.155. The molecule has 0 bridgehead atoms. The number of rotatable bonds is 4. The molecule has 1 N–H and O–H groups in total. The van der Waals surface area contributed by atoms with Crippen LogP contribution in [0.3, 0.4) is 0 Å². The summed E-state index contributed by atoms with van der Waals surface area (Å²) in [5, 5.41) is 3.66. The van der Waals surface area contributed by atoms with Crippen LogP contribution in [-0.2, 0) is 9.47 Å². The highest BCUT2D eigenvalue weighted by Gasteiger charge is 2.56. The van der Waals surface area contributed by atoms with Gasteiger partial charge in [-0.1, -0.05) is 26.2 Å². The quantitative estimate of drug-likeness (QED) is 0.767. The molecule has 2 fully saturated rings. The maximum Gasteiger partial charge on any atom is 0.114 e. The molecule has 17 heavy (non-hydrogen) atoms. The minimum absolute atomic E-state index is 0.0982. The third-order valence-corrected chi connectivity index (χ3v) is 4.47. The Kier molecular flexibility index (Phi) is 4.11. The highest BCUT2D eigenvalue weighted by Crippen LogP contribution is 2.43. The van der Waals surface area contributed by atoms with Gasteiger partial charge >= 0.3 is 0 Å². The number of hydrogen-bond acceptors (Lipinski definition) is 3. The van der Waals surface area contributed by atoms with E-state index < -0.39 is 0 Å². The van der Waals surface area contributed by atoms with Gasteiger partial charge in [-0.15, -0.1) is 0 Å². The molecule has 0 aromatic rings. The van der Waals surface area contributed by atoms with Crippen LogP contribution in [0, 0.1) is 0 Å². The normalized spacial score (nSPS) is 36.5. The minimum Gasteiger partial charge on any atom is -0.372 e. The Bertz CT molecular complexity index is 255. The Hall–Kier alpha value is -0.120. The zero-order valence-corrected chi connectivity index (χ0v) is 11.6. The number of nitrogens with one attached hydrogen (secondary N) is 1. The molecule has 2 rings (SSSR count). The van der Waals surface area contributed by atoms with Gasteiger partial charge in [0.05, 0.1) is 18.8 Å². The average molecular weight is 241 g/mol. The summed E-state index contributed by atoms with van der Waals surface area (Å²) >= 11 is 0. The lowest BCUT2D eigenvalue weighted by Gasteiger charge is -2.48. The largest absolute Gasteiger partial charge is 0.372 e. The van der Waals surface area contributed by atoms with E-state index in [1.54, 1.807) is 0 Å². The van der Waals surface area contributed by atoms with E-state index in [0.717, 1.165) is 26.2 Å². The molecule has 3 heteroatoms. The van der Waals surface area contributed by atoms with E-state index in [9.17, 15) is 0 Å². The molecule has 0 aliphatic carbocycles. The van der Waals surface area contributed by atoms with Gasteiger partial charge in [0, 0.05) is 19.0 Å².